The molecule has 0 atom stereocenters. The van der Waals surface area contributed by atoms with Crippen molar-refractivity contribution in [1.29, 1.82) is 0 Å². The number of fused-ring (bicyclic) bond motifs is 2. The number of aryl methyl sites for hydroxylation is 3. The van der Waals surface area contributed by atoms with Gasteiger partial charge in [0.05, 0.1) is 18.8 Å². The highest BCUT2D eigenvalue weighted by Gasteiger charge is 2.30. The van der Waals surface area contributed by atoms with Crippen LogP contribution in [-0.2, 0) is 38.9 Å². The van der Waals surface area contributed by atoms with Gasteiger partial charge >= 0.3 is 0 Å². The zero-order valence-corrected chi connectivity index (χ0v) is 14.5. The van der Waals surface area contributed by atoms with Crippen molar-refractivity contribution in [2.24, 2.45) is 5.92 Å². The summed E-state index contributed by atoms with van der Waals surface area (Å²) in [5.41, 5.74) is 2.35. The average Bonchev–Trinajstić information content (AvgIpc) is 3.19. The van der Waals surface area contributed by atoms with E-state index in [9.17, 15) is 4.79 Å². The van der Waals surface area contributed by atoms with Gasteiger partial charge in [-0.25, -0.2) is 4.68 Å². The fourth-order valence-corrected chi connectivity index (χ4v) is 4.42. The number of rotatable bonds is 4. The van der Waals surface area contributed by atoms with Gasteiger partial charge in [0.25, 0.3) is 5.56 Å². The van der Waals surface area contributed by atoms with Gasteiger partial charge in [0.15, 0.2) is 0 Å². The minimum absolute atomic E-state index is 0.0608. The molecule has 4 heterocycles. The molecule has 7 heteroatoms. The summed E-state index contributed by atoms with van der Waals surface area (Å²) in [4.78, 5) is 14.6. The Bertz CT molecular complexity index is 848. The zero-order valence-electron chi connectivity index (χ0n) is 14.5. The van der Waals surface area contributed by atoms with Crippen LogP contribution in [0.1, 0.15) is 42.2 Å². The summed E-state index contributed by atoms with van der Waals surface area (Å²) in [6.07, 6.45) is 6.68. The Morgan fingerprint density at radius 2 is 2.00 bits per heavy atom. The van der Waals surface area contributed by atoms with E-state index in [1.54, 1.807) is 10.7 Å². The predicted molar refractivity (Wildman–Crippen MR) is 92.2 cm³/mol. The summed E-state index contributed by atoms with van der Waals surface area (Å²) in [6.45, 7) is 4.68. The standard InChI is InChI=1S/C18H24N6O/c25-18-8-14-4-3-5-15(14)21-24(18)11-13-9-22(10-13)12-17-20-19-16-6-1-2-7-23(16)17/h8,13H,1-7,9-12H2. The van der Waals surface area contributed by atoms with E-state index in [-0.39, 0.29) is 5.56 Å². The Hall–Kier alpha value is -2.02. The first kappa shape index (κ1) is 15.3. The Morgan fingerprint density at radius 3 is 2.92 bits per heavy atom. The molecule has 0 saturated carbocycles. The molecule has 1 aliphatic carbocycles. The first-order valence-electron chi connectivity index (χ1n) is 9.49. The van der Waals surface area contributed by atoms with E-state index in [1.165, 1.54) is 12.8 Å². The third kappa shape index (κ3) is 2.80. The molecule has 7 nitrogen and oxygen atoms in total. The van der Waals surface area contributed by atoms with Crippen LogP contribution in [-0.4, -0.2) is 42.5 Å². The number of likely N-dealkylation sites (tertiary alicyclic amines) is 1. The van der Waals surface area contributed by atoms with Crippen LogP contribution in [0.15, 0.2) is 10.9 Å². The van der Waals surface area contributed by atoms with Gasteiger partial charge in [-0.15, -0.1) is 10.2 Å². The first-order chi connectivity index (χ1) is 12.3. The second-order valence-electron chi connectivity index (χ2n) is 7.69. The Balaban J connectivity index is 1.20. The van der Waals surface area contributed by atoms with E-state index in [0.29, 0.717) is 5.92 Å². The molecule has 5 rings (SSSR count). The third-order valence-corrected chi connectivity index (χ3v) is 5.79. The summed E-state index contributed by atoms with van der Waals surface area (Å²) >= 11 is 0. The molecule has 0 radical (unpaired) electrons. The predicted octanol–water partition coefficient (Wildman–Crippen LogP) is 0.792. The number of aromatic nitrogens is 5. The minimum Gasteiger partial charge on any atom is -0.314 e. The summed E-state index contributed by atoms with van der Waals surface area (Å²) in [7, 11) is 0. The molecule has 0 N–H and O–H groups in total. The second-order valence-corrected chi connectivity index (χ2v) is 7.69. The first-order valence-corrected chi connectivity index (χ1v) is 9.49. The molecule has 0 aromatic carbocycles. The van der Waals surface area contributed by atoms with Crippen molar-refractivity contribution in [2.75, 3.05) is 13.1 Å². The maximum absolute atomic E-state index is 12.2. The van der Waals surface area contributed by atoms with Gasteiger partial charge in [-0.1, -0.05) is 0 Å². The van der Waals surface area contributed by atoms with Crippen LogP contribution in [0.25, 0.3) is 0 Å². The highest BCUT2D eigenvalue weighted by atomic mass is 16.1. The van der Waals surface area contributed by atoms with Gasteiger partial charge in [-0.2, -0.15) is 5.10 Å². The molecular formula is C18H24N6O. The Labute approximate surface area is 146 Å². The van der Waals surface area contributed by atoms with Crippen molar-refractivity contribution in [3.05, 3.63) is 39.3 Å². The van der Waals surface area contributed by atoms with E-state index in [4.69, 9.17) is 0 Å². The largest absolute Gasteiger partial charge is 0.314 e. The number of hydrogen-bond acceptors (Lipinski definition) is 5. The van der Waals surface area contributed by atoms with Crippen molar-refractivity contribution in [2.45, 2.75) is 58.2 Å². The van der Waals surface area contributed by atoms with Crippen LogP contribution in [0.3, 0.4) is 0 Å². The van der Waals surface area contributed by atoms with Crippen molar-refractivity contribution in [1.82, 2.24) is 29.4 Å². The average molecular weight is 340 g/mol. The Kier molecular flexibility index (Phi) is 3.69. The lowest BCUT2D eigenvalue weighted by Crippen LogP contribution is -2.49. The van der Waals surface area contributed by atoms with Crippen molar-refractivity contribution < 1.29 is 0 Å². The van der Waals surface area contributed by atoms with Gasteiger partial charge in [-0.3, -0.25) is 9.69 Å². The monoisotopic (exact) mass is 340 g/mol. The van der Waals surface area contributed by atoms with Gasteiger partial charge in [-0.05, 0) is 37.7 Å². The highest BCUT2D eigenvalue weighted by Crippen LogP contribution is 2.22. The molecule has 2 aromatic rings. The van der Waals surface area contributed by atoms with Crippen molar-refractivity contribution in [3.63, 3.8) is 0 Å². The number of hydrogen-bond donors (Lipinski definition) is 0. The summed E-state index contributed by atoms with van der Waals surface area (Å²) < 4.78 is 3.98. The lowest BCUT2D eigenvalue weighted by molar-refractivity contribution is 0.0724. The molecular weight excluding hydrogens is 316 g/mol. The van der Waals surface area contributed by atoms with Crippen LogP contribution in [0.5, 0.6) is 0 Å². The van der Waals surface area contributed by atoms with E-state index >= 15 is 0 Å². The van der Waals surface area contributed by atoms with E-state index in [2.05, 4.69) is 24.8 Å². The van der Waals surface area contributed by atoms with Crippen LogP contribution in [0.2, 0.25) is 0 Å². The fraction of sp³-hybridized carbons (Fsp3) is 0.667. The van der Waals surface area contributed by atoms with E-state index in [0.717, 1.165) is 81.3 Å². The van der Waals surface area contributed by atoms with Gasteiger partial charge in [0.2, 0.25) is 0 Å². The third-order valence-electron chi connectivity index (χ3n) is 5.79. The smallest absolute Gasteiger partial charge is 0.267 e. The molecule has 2 aromatic heterocycles. The van der Waals surface area contributed by atoms with Gasteiger partial charge in [0, 0.05) is 38.0 Å². The molecule has 0 spiro atoms. The molecule has 1 saturated heterocycles. The van der Waals surface area contributed by atoms with Crippen LogP contribution < -0.4 is 5.56 Å². The SMILES string of the molecule is O=c1cc2c(nn1CC1CN(Cc3nnc4n3CCCC4)C1)CCC2. The highest BCUT2D eigenvalue weighted by molar-refractivity contribution is 5.22. The molecule has 1 fully saturated rings. The fourth-order valence-electron chi connectivity index (χ4n) is 4.42. The number of nitrogens with zero attached hydrogens (tertiary/aromatic N) is 6. The molecule has 0 bridgehead atoms. The van der Waals surface area contributed by atoms with Gasteiger partial charge in [0.1, 0.15) is 11.6 Å². The van der Waals surface area contributed by atoms with Crippen LogP contribution in [0, 0.1) is 5.92 Å². The normalized spacial score (nSPS) is 20.3. The Morgan fingerprint density at radius 1 is 1.08 bits per heavy atom. The van der Waals surface area contributed by atoms with E-state index in [1.807, 2.05) is 0 Å². The van der Waals surface area contributed by atoms with Crippen molar-refractivity contribution in [3.8, 4) is 0 Å². The molecule has 0 unspecified atom stereocenters. The molecule has 0 amide bonds. The lowest BCUT2D eigenvalue weighted by atomic mass is 10.0. The van der Waals surface area contributed by atoms with Gasteiger partial charge < -0.3 is 4.57 Å². The summed E-state index contributed by atoms with van der Waals surface area (Å²) in [5.74, 6) is 2.75. The molecule has 25 heavy (non-hydrogen) atoms. The maximum Gasteiger partial charge on any atom is 0.267 e. The maximum atomic E-state index is 12.2. The lowest BCUT2D eigenvalue weighted by Gasteiger charge is -2.39. The van der Waals surface area contributed by atoms with E-state index < -0.39 is 0 Å². The van der Waals surface area contributed by atoms with Crippen molar-refractivity contribution >= 4 is 0 Å². The minimum atomic E-state index is 0.0608. The van der Waals surface area contributed by atoms with Crippen LogP contribution in [0.4, 0.5) is 0 Å². The molecule has 2 aliphatic heterocycles. The topological polar surface area (TPSA) is 68.8 Å². The zero-order chi connectivity index (χ0) is 16.8. The quantitative estimate of drug-likeness (QED) is 0.823. The summed E-state index contributed by atoms with van der Waals surface area (Å²) in [5, 5.41) is 13.3. The molecule has 132 valence electrons. The van der Waals surface area contributed by atoms with Crippen LogP contribution >= 0.6 is 0 Å². The molecule has 3 aliphatic rings. The second kappa shape index (κ2) is 6.05. The summed E-state index contributed by atoms with van der Waals surface area (Å²) in [6, 6.07) is 1.80.